The highest BCUT2D eigenvalue weighted by molar-refractivity contribution is 7.89. The van der Waals surface area contributed by atoms with Crippen LogP contribution in [0.5, 0.6) is 0 Å². The Hall–Kier alpha value is -3.09. The molecule has 5 unspecified atom stereocenters. The third-order valence-electron chi connectivity index (χ3n) is 9.04. The van der Waals surface area contributed by atoms with Crippen molar-refractivity contribution >= 4 is 16.0 Å². The molecule has 2 aromatic carbocycles. The lowest BCUT2D eigenvalue weighted by atomic mass is 9.90. The van der Waals surface area contributed by atoms with Gasteiger partial charge in [0.15, 0.2) is 18.4 Å². The van der Waals surface area contributed by atoms with Crippen molar-refractivity contribution in [1.82, 2.24) is 9.29 Å². The van der Waals surface area contributed by atoms with Crippen LogP contribution >= 0.6 is 0 Å². The fraction of sp³-hybridized carbons (Fsp3) is 0.515. The monoisotopic (exact) mass is 624 g/mol. The summed E-state index contributed by atoms with van der Waals surface area (Å²) in [4.78, 5) is 17.4. The molecule has 3 aliphatic rings. The lowest BCUT2D eigenvalue weighted by molar-refractivity contribution is -0.178. The Bertz CT molecular complexity index is 1500. The number of aliphatic hydroxyl groups is 1. The van der Waals surface area contributed by atoms with Crippen LogP contribution < -0.4 is 0 Å². The maximum absolute atomic E-state index is 13.9. The molecule has 3 fully saturated rings. The van der Waals surface area contributed by atoms with E-state index in [1.165, 1.54) is 22.8 Å². The number of oxazole rings is 1. The van der Waals surface area contributed by atoms with Gasteiger partial charge in [0.1, 0.15) is 6.10 Å². The van der Waals surface area contributed by atoms with E-state index < -0.39 is 28.0 Å². The SMILES string of the molecule is CC(C)CN(C[C@@H](O)[C@@H](CC(=O)OC1C2COC3OCC1C3C2)Cc1ccccc1)S(=O)(=O)c1ccc(-c2cnco2)cc1. The van der Waals surface area contributed by atoms with Gasteiger partial charge in [-0.05, 0) is 48.6 Å². The second-order valence-corrected chi connectivity index (χ2v) is 14.6. The van der Waals surface area contributed by atoms with Crippen LogP contribution in [0.1, 0.15) is 32.3 Å². The number of aromatic nitrogens is 1. The average Bonchev–Trinajstić information content (AvgIpc) is 3.74. The molecule has 1 N–H and O–H groups in total. The molecule has 44 heavy (non-hydrogen) atoms. The van der Waals surface area contributed by atoms with Crippen molar-refractivity contribution in [2.75, 3.05) is 26.3 Å². The minimum atomic E-state index is -3.96. The minimum absolute atomic E-state index is 0.00406. The van der Waals surface area contributed by atoms with Gasteiger partial charge in [0.2, 0.25) is 10.0 Å². The Kier molecular flexibility index (Phi) is 9.21. The number of esters is 1. The minimum Gasteiger partial charge on any atom is -0.462 e. The first kappa shape index (κ1) is 30.9. The van der Waals surface area contributed by atoms with E-state index in [0.717, 1.165) is 12.0 Å². The Labute approximate surface area is 258 Å². The molecule has 1 aliphatic carbocycles. The van der Waals surface area contributed by atoms with Crippen molar-refractivity contribution in [3.05, 3.63) is 72.8 Å². The third-order valence-corrected chi connectivity index (χ3v) is 10.9. The number of carbonyl (C=O) groups is 1. The number of hydrogen-bond acceptors (Lipinski definition) is 9. The van der Waals surface area contributed by atoms with Crippen LogP contribution in [0, 0.1) is 29.6 Å². The van der Waals surface area contributed by atoms with E-state index in [9.17, 15) is 18.3 Å². The first-order valence-electron chi connectivity index (χ1n) is 15.3. The molecule has 236 valence electrons. The van der Waals surface area contributed by atoms with Crippen LogP contribution in [-0.4, -0.2) is 73.6 Å². The number of carbonyl (C=O) groups excluding carboxylic acids is 1. The van der Waals surface area contributed by atoms with E-state index >= 15 is 0 Å². The third kappa shape index (κ3) is 6.62. The summed E-state index contributed by atoms with van der Waals surface area (Å²) in [5, 5.41) is 11.6. The summed E-state index contributed by atoms with van der Waals surface area (Å²) in [5.41, 5.74) is 1.65. The van der Waals surface area contributed by atoms with Crippen LogP contribution in [-0.2, 0) is 35.4 Å². The van der Waals surface area contributed by atoms with E-state index in [2.05, 4.69) is 4.98 Å². The maximum Gasteiger partial charge on any atom is 0.306 e. The summed E-state index contributed by atoms with van der Waals surface area (Å²) in [7, 11) is -3.96. The van der Waals surface area contributed by atoms with Gasteiger partial charge in [-0.15, -0.1) is 0 Å². The van der Waals surface area contributed by atoms with Crippen LogP contribution in [0.3, 0.4) is 0 Å². The fourth-order valence-corrected chi connectivity index (χ4v) is 8.48. The van der Waals surface area contributed by atoms with Crippen molar-refractivity contribution in [1.29, 1.82) is 0 Å². The van der Waals surface area contributed by atoms with Gasteiger partial charge in [0.25, 0.3) is 0 Å². The number of ether oxygens (including phenoxy) is 3. The quantitative estimate of drug-likeness (QED) is 0.279. The first-order chi connectivity index (χ1) is 21.2. The Morgan fingerprint density at radius 2 is 1.80 bits per heavy atom. The fourth-order valence-electron chi connectivity index (χ4n) is 6.86. The molecular weight excluding hydrogens is 584 g/mol. The van der Waals surface area contributed by atoms with Crippen molar-refractivity contribution in [2.24, 2.45) is 29.6 Å². The first-order valence-corrected chi connectivity index (χ1v) is 16.8. The van der Waals surface area contributed by atoms with Crippen LogP contribution in [0.2, 0.25) is 0 Å². The largest absolute Gasteiger partial charge is 0.462 e. The molecule has 7 atom stereocenters. The van der Waals surface area contributed by atoms with Crippen LogP contribution in [0.15, 0.2) is 76.5 Å². The summed E-state index contributed by atoms with van der Waals surface area (Å²) >= 11 is 0. The van der Waals surface area contributed by atoms with Crippen LogP contribution in [0.4, 0.5) is 0 Å². The Morgan fingerprint density at radius 3 is 2.50 bits per heavy atom. The van der Waals surface area contributed by atoms with Gasteiger partial charge in [-0.3, -0.25) is 4.79 Å². The predicted molar refractivity (Wildman–Crippen MR) is 160 cm³/mol. The smallest absolute Gasteiger partial charge is 0.306 e. The highest BCUT2D eigenvalue weighted by atomic mass is 32.2. The predicted octanol–water partition coefficient (Wildman–Crippen LogP) is 4.15. The number of aliphatic hydroxyl groups excluding tert-OH is 1. The molecule has 2 bridgehead atoms. The van der Waals surface area contributed by atoms with Gasteiger partial charge in [-0.2, -0.15) is 4.31 Å². The standard InChI is InChI=1S/C33H40N2O8S/c1-21(2)16-35(44(38,39)26-10-8-23(9-11-26)30-15-34-20-42-30)17-29(36)24(12-22-6-4-3-5-7-22)14-31(37)43-32-25-13-27-28(32)19-41-33(27)40-18-25/h3-11,15,20-21,24-25,27-29,32-33,36H,12-14,16-19H2,1-2H3/t24-,25?,27?,28?,29-,32?,33?/m1/s1. The Morgan fingerprint density at radius 1 is 1.05 bits per heavy atom. The number of fused-ring (bicyclic) bond motifs is 1. The van der Waals surface area contributed by atoms with E-state index in [-0.39, 0.29) is 60.5 Å². The Balaban J connectivity index is 1.19. The number of sulfonamides is 1. The second-order valence-electron chi connectivity index (χ2n) is 12.6. The van der Waals surface area contributed by atoms with E-state index in [0.29, 0.717) is 31.0 Å². The maximum atomic E-state index is 13.9. The molecule has 0 spiro atoms. The highest BCUT2D eigenvalue weighted by Gasteiger charge is 2.56. The summed E-state index contributed by atoms with van der Waals surface area (Å²) in [6, 6.07) is 16.0. The zero-order chi connectivity index (χ0) is 30.8. The lowest BCUT2D eigenvalue weighted by Gasteiger charge is -2.31. The molecule has 6 rings (SSSR count). The van der Waals surface area contributed by atoms with Gasteiger partial charge < -0.3 is 23.7 Å². The van der Waals surface area contributed by atoms with Crippen molar-refractivity contribution in [3.63, 3.8) is 0 Å². The van der Waals surface area contributed by atoms with E-state index in [1.807, 2.05) is 44.2 Å². The molecular formula is C33H40N2O8S. The molecule has 1 aromatic heterocycles. The molecule has 2 aliphatic heterocycles. The molecule has 0 amide bonds. The second kappa shape index (κ2) is 13.1. The molecule has 3 aromatic rings. The topological polar surface area (TPSA) is 128 Å². The summed E-state index contributed by atoms with van der Waals surface area (Å²) in [6.07, 6.45) is 2.57. The zero-order valence-electron chi connectivity index (χ0n) is 25.0. The number of nitrogens with zero attached hydrogens (tertiary/aromatic N) is 2. The molecule has 0 radical (unpaired) electrons. The van der Waals surface area contributed by atoms with Gasteiger partial charge >= 0.3 is 5.97 Å². The van der Waals surface area contributed by atoms with Gasteiger partial charge in [0, 0.05) is 42.3 Å². The van der Waals surface area contributed by atoms with Gasteiger partial charge in [-0.25, -0.2) is 13.4 Å². The molecule has 1 saturated carbocycles. The number of hydrogen-bond donors (Lipinski definition) is 1. The van der Waals surface area contributed by atoms with E-state index in [1.54, 1.807) is 18.3 Å². The van der Waals surface area contributed by atoms with Gasteiger partial charge in [-0.1, -0.05) is 44.2 Å². The summed E-state index contributed by atoms with van der Waals surface area (Å²) < 4.78 is 52.0. The normalized spacial score (nSPS) is 25.8. The highest BCUT2D eigenvalue weighted by Crippen LogP contribution is 2.49. The van der Waals surface area contributed by atoms with Crippen molar-refractivity contribution < 1.29 is 36.9 Å². The van der Waals surface area contributed by atoms with Gasteiger partial charge in [0.05, 0.1) is 36.8 Å². The van der Waals surface area contributed by atoms with Crippen LogP contribution in [0.25, 0.3) is 11.3 Å². The molecule has 11 heteroatoms. The lowest BCUT2D eigenvalue weighted by Crippen LogP contribution is -2.43. The zero-order valence-corrected chi connectivity index (χ0v) is 25.8. The molecule has 3 heterocycles. The van der Waals surface area contributed by atoms with Crippen molar-refractivity contribution in [3.8, 4) is 11.3 Å². The summed E-state index contributed by atoms with van der Waals surface area (Å²) in [5.74, 6) is 0.0966. The summed E-state index contributed by atoms with van der Waals surface area (Å²) in [6.45, 7) is 4.93. The number of rotatable bonds is 13. The number of benzene rings is 2. The average molecular weight is 625 g/mol. The molecule has 2 saturated heterocycles. The molecule has 10 nitrogen and oxygen atoms in total. The van der Waals surface area contributed by atoms with E-state index in [4.69, 9.17) is 18.6 Å². The van der Waals surface area contributed by atoms with Crippen molar-refractivity contribution in [2.45, 2.75) is 56.5 Å².